The molecule has 4 nitrogen and oxygen atoms in total. The molecular weight excluding hydrogens is 400 g/mol. The van der Waals surface area contributed by atoms with E-state index in [0.717, 1.165) is 69.3 Å². The number of rotatable bonds is 8. The van der Waals surface area contributed by atoms with E-state index in [1.54, 1.807) is 7.11 Å². The first-order chi connectivity index (χ1) is 15.5. The van der Waals surface area contributed by atoms with E-state index in [9.17, 15) is 9.90 Å². The predicted octanol–water partition coefficient (Wildman–Crippen LogP) is 6.83. The van der Waals surface area contributed by atoms with Gasteiger partial charge in [0.25, 0.3) is 0 Å². The second-order valence-electron chi connectivity index (χ2n) is 10.1. The van der Waals surface area contributed by atoms with Gasteiger partial charge in [0.1, 0.15) is 0 Å². The Morgan fingerprint density at radius 1 is 1.12 bits per heavy atom. The van der Waals surface area contributed by atoms with Gasteiger partial charge in [-0.15, -0.1) is 0 Å². The van der Waals surface area contributed by atoms with Gasteiger partial charge in [-0.05, 0) is 99.7 Å². The minimum Gasteiger partial charge on any atom is -0.493 e. The molecule has 1 unspecified atom stereocenters. The minimum atomic E-state index is -0.648. The van der Waals surface area contributed by atoms with Crippen LogP contribution >= 0.6 is 0 Å². The van der Waals surface area contributed by atoms with Gasteiger partial charge in [-0.25, -0.2) is 0 Å². The van der Waals surface area contributed by atoms with Crippen LogP contribution in [0, 0.1) is 11.8 Å². The van der Waals surface area contributed by atoms with Crippen molar-refractivity contribution in [2.24, 2.45) is 11.8 Å². The summed E-state index contributed by atoms with van der Waals surface area (Å²) in [4.78, 5) is 11.6. The standard InChI is InChI=1S/C28H38O4/c1-20-7-9-21(10-8-20)13-16-28(17-14-22(15-18-28)27(29)30)23-11-12-25(31-2)26(19-23)32-24-5-3-4-6-24/h7,9-12,19-20,22,24H,3-6,8,13-18H2,1-2H3,(H,29,30). The highest BCUT2D eigenvalue weighted by Gasteiger charge is 2.39. The van der Waals surface area contributed by atoms with Crippen LogP contribution in [-0.4, -0.2) is 24.3 Å². The van der Waals surface area contributed by atoms with Crippen LogP contribution in [0.2, 0.25) is 0 Å². The van der Waals surface area contributed by atoms with Crippen molar-refractivity contribution in [3.05, 3.63) is 47.6 Å². The Labute approximate surface area is 192 Å². The van der Waals surface area contributed by atoms with Crippen LogP contribution in [-0.2, 0) is 10.2 Å². The van der Waals surface area contributed by atoms with Crippen molar-refractivity contribution >= 4 is 5.97 Å². The summed E-state index contributed by atoms with van der Waals surface area (Å²) in [6.45, 7) is 2.25. The number of carboxylic acids is 1. The molecule has 1 N–H and O–H groups in total. The third kappa shape index (κ3) is 5.22. The Morgan fingerprint density at radius 2 is 1.88 bits per heavy atom. The fourth-order valence-electron chi connectivity index (χ4n) is 5.73. The normalized spacial score (nSPS) is 28.4. The zero-order valence-corrected chi connectivity index (χ0v) is 19.6. The van der Waals surface area contributed by atoms with E-state index < -0.39 is 5.97 Å². The molecule has 0 saturated heterocycles. The van der Waals surface area contributed by atoms with Gasteiger partial charge in [0.05, 0.1) is 19.1 Å². The lowest BCUT2D eigenvalue weighted by atomic mass is 9.64. The third-order valence-electron chi connectivity index (χ3n) is 7.95. The average Bonchev–Trinajstić information content (AvgIpc) is 3.32. The minimum absolute atomic E-state index is 0.0102. The molecule has 4 rings (SSSR count). The zero-order valence-electron chi connectivity index (χ0n) is 19.6. The highest BCUT2D eigenvalue weighted by atomic mass is 16.5. The summed E-state index contributed by atoms with van der Waals surface area (Å²) in [5.41, 5.74) is 2.69. The second-order valence-corrected chi connectivity index (χ2v) is 10.1. The summed E-state index contributed by atoms with van der Waals surface area (Å²) in [6.07, 6.45) is 18.4. The molecule has 0 spiro atoms. The quantitative estimate of drug-likeness (QED) is 0.483. The van der Waals surface area contributed by atoms with E-state index >= 15 is 0 Å². The predicted molar refractivity (Wildman–Crippen MR) is 127 cm³/mol. The molecule has 0 bridgehead atoms. The maximum Gasteiger partial charge on any atom is 0.306 e. The summed E-state index contributed by atoms with van der Waals surface area (Å²) >= 11 is 0. The number of methoxy groups -OCH3 is 1. The number of allylic oxidation sites excluding steroid dienone is 4. The molecule has 1 aromatic carbocycles. The third-order valence-corrected chi connectivity index (χ3v) is 7.95. The summed E-state index contributed by atoms with van der Waals surface area (Å²) < 4.78 is 12.0. The first-order valence-corrected chi connectivity index (χ1v) is 12.4. The molecule has 32 heavy (non-hydrogen) atoms. The number of hydrogen-bond donors (Lipinski definition) is 1. The first kappa shape index (κ1) is 22.9. The van der Waals surface area contributed by atoms with Gasteiger partial charge in [-0.2, -0.15) is 0 Å². The van der Waals surface area contributed by atoms with E-state index in [1.165, 1.54) is 24.0 Å². The molecule has 174 valence electrons. The van der Waals surface area contributed by atoms with Crippen molar-refractivity contribution in [3.63, 3.8) is 0 Å². The van der Waals surface area contributed by atoms with Crippen LogP contribution in [0.1, 0.15) is 83.1 Å². The van der Waals surface area contributed by atoms with Crippen molar-refractivity contribution in [1.29, 1.82) is 0 Å². The second kappa shape index (κ2) is 10.1. The molecule has 2 fully saturated rings. The van der Waals surface area contributed by atoms with Gasteiger partial charge in [0.2, 0.25) is 0 Å². The number of benzene rings is 1. The molecule has 1 atom stereocenters. The fourth-order valence-corrected chi connectivity index (χ4v) is 5.73. The molecule has 1 aromatic rings. The van der Waals surface area contributed by atoms with E-state index in [4.69, 9.17) is 9.47 Å². The average molecular weight is 439 g/mol. The first-order valence-electron chi connectivity index (χ1n) is 12.4. The van der Waals surface area contributed by atoms with Crippen molar-refractivity contribution in [1.82, 2.24) is 0 Å². The summed E-state index contributed by atoms with van der Waals surface area (Å²) in [5, 5.41) is 9.55. The molecule has 0 heterocycles. The van der Waals surface area contributed by atoms with Crippen LogP contribution in [0.4, 0.5) is 0 Å². The molecule has 0 aliphatic heterocycles. The van der Waals surface area contributed by atoms with Gasteiger partial charge >= 0.3 is 5.97 Å². The van der Waals surface area contributed by atoms with Crippen molar-refractivity contribution in [2.45, 2.75) is 89.1 Å². The summed E-state index contributed by atoms with van der Waals surface area (Å²) in [6, 6.07) is 6.44. The number of aliphatic carboxylic acids is 1. The Morgan fingerprint density at radius 3 is 2.50 bits per heavy atom. The Hall–Kier alpha value is -2.23. The molecular formula is C28H38O4. The van der Waals surface area contributed by atoms with Gasteiger partial charge in [-0.1, -0.05) is 36.8 Å². The van der Waals surface area contributed by atoms with E-state index in [1.807, 2.05) is 6.07 Å². The molecule has 2 saturated carbocycles. The largest absolute Gasteiger partial charge is 0.493 e. The monoisotopic (exact) mass is 438 g/mol. The number of carboxylic acid groups (broad SMARTS) is 1. The lowest BCUT2D eigenvalue weighted by Gasteiger charge is -2.40. The van der Waals surface area contributed by atoms with Gasteiger partial charge < -0.3 is 14.6 Å². The fraction of sp³-hybridized carbons (Fsp3) is 0.607. The maximum absolute atomic E-state index is 11.6. The maximum atomic E-state index is 11.6. The molecule has 0 amide bonds. The Bertz CT molecular complexity index is 854. The van der Waals surface area contributed by atoms with E-state index in [2.05, 4.69) is 37.3 Å². The molecule has 3 aliphatic carbocycles. The summed E-state index contributed by atoms with van der Waals surface area (Å²) in [7, 11) is 1.70. The number of hydrogen-bond acceptors (Lipinski definition) is 3. The van der Waals surface area contributed by atoms with Gasteiger partial charge in [0, 0.05) is 0 Å². The van der Waals surface area contributed by atoms with Gasteiger partial charge in [-0.3, -0.25) is 4.79 Å². The Kier molecular flexibility index (Phi) is 7.27. The molecule has 0 aromatic heterocycles. The van der Waals surface area contributed by atoms with Crippen LogP contribution in [0.3, 0.4) is 0 Å². The van der Waals surface area contributed by atoms with Gasteiger partial charge in [0.15, 0.2) is 11.5 Å². The SMILES string of the molecule is COc1ccc(C2(CCC3=CCC(C)C=C3)CCC(C(=O)O)CC2)cc1OC1CCCC1. The van der Waals surface area contributed by atoms with E-state index in [0.29, 0.717) is 5.92 Å². The molecule has 4 heteroatoms. The highest BCUT2D eigenvalue weighted by Crippen LogP contribution is 2.48. The lowest BCUT2D eigenvalue weighted by molar-refractivity contribution is -0.143. The van der Waals surface area contributed by atoms with Crippen LogP contribution in [0.25, 0.3) is 0 Å². The number of carbonyl (C=O) groups is 1. The van der Waals surface area contributed by atoms with Crippen molar-refractivity contribution < 1.29 is 19.4 Å². The molecule has 0 radical (unpaired) electrons. The van der Waals surface area contributed by atoms with Crippen molar-refractivity contribution in [3.8, 4) is 11.5 Å². The highest BCUT2D eigenvalue weighted by molar-refractivity contribution is 5.70. The topological polar surface area (TPSA) is 55.8 Å². The van der Waals surface area contributed by atoms with E-state index in [-0.39, 0.29) is 17.4 Å². The Balaban J connectivity index is 1.58. The van der Waals surface area contributed by atoms with Crippen molar-refractivity contribution in [2.75, 3.05) is 7.11 Å². The number of ether oxygens (including phenoxy) is 2. The zero-order chi connectivity index (χ0) is 22.6. The van der Waals surface area contributed by atoms with Crippen LogP contribution in [0.5, 0.6) is 11.5 Å². The van der Waals surface area contributed by atoms with Crippen LogP contribution in [0.15, 0.2) is 42.0 Å². The molecule has 3 aliphatic rings. The van der Waals surface area contributed by atoms with Crippen LogP contribution < -0.4 is 9.47 Å². The lowest BCUT2D eigenvalue weighted by Crippen LogP contribution is -2.34. The summed E-state index contributed by atoms with van der Waals surface area (Å²) in [5.74, 6) is 1.40. The smallest absolute Gasteiger partial charge is 0.306 e.